The van der Waals surface area contributed by atoms with Crippen molar-refractivity contribution in [2.75, 3.05) is 31.2 Å². The molecule has 140 valence electrons. The first-order valence-corrected chi connectivity index (χ1v) is 8.96. The number of carbonyl (C=O) groups is 1. The first kappa shape index (κ1) is 18.4. The molecule has 0 saturated carbocycles. The van der Waals surface area contributed by atoms with Crippen molar-refractivity contribution >= 4 is 11.7 Å². The fraction of sp³-hybridized carbons (Fsp3) is 0.526. The lowest BCUT2D eigenvalue weighted by Crippen LogP contribution is -2.37. The van der Waals surface area contributed by atoms with Gasteiger partial charge in [-0.15, -0.1) is 0 Å². The van der Waals surface area contributed by atoms with E-state index in [1.165, 1.54) is 0 Å². The predicted molar refractivity (Wildman–Crippen MR) is 100 cm³/mol. The maximum Gasteiger partial charge on any atom is 0.269 e. The normalized spacial score (nSPS) is 15.2. The minimum absolute atomic E-state index is 0.0929. The van der Waals surface area contributed by atoms with Crippen molar-refractivity contribution in [3.05, 3.63) is 41.3 Å². The van der Waals surface area contributed by atoms with Crippen molar-refractivity contribution in [3.63, 3.8) is 0 Å². The van der Waals surface area contributed by atoms with Crippen LogP contribution >= 0.6 is 0 Å². The van der Waals surface area contributed by atoms with Gasteiger partial charge in [0.25, 0.3) is 5.91 Å². The van der Waals surface area contributed by atoms with Crippen molar-refractivity contribution in [2.45, 2.75) is 32.7 Å². The number of amides is 1. The summed E-state index contributed by atoms with van der Waals surface area (Å²) in [4.78, 5) is 19.4. The Balaban J connectivity index is 1.65. The summed E-state index contributed by atoms with van der Waals surface area (Å²) in [6, 6.07) is 7.75. The molecule has 1 N–H and O–H groups in total. The Kier molecular flexibility index (Phi) is 5.27. The zero-order valence-corrected chi connectivity index (χ0v) is 16.0. The first-order valence-electron chi connectivity index (χ1n) is 8.96. The number of aryl methyl sites for hydroxylation is 1. The second kappa shape index (κ2) is 7.45. The molecule has 1 amide bonds. The van der Waals surface area contributed by atoms with Gasteiger partial charge in [0.05, 0.1) is 31.1 Å². The number of carbonyl (C=O) groups excluding carboxylic acids is 1. The van der Waals surface area contributed by atoms with E-state index in [0.717, 1.165) is 43.5 Å². The fourth-order valence-corrected chi connectivity index (χ4v) is 2.84. The predicted octanol–water partition coefficient (Wildman–Crippen LogP) is 1.88. The van der Waals surface area contributed by atoms with Crippen LogP contribution in [-0.4, -0.2) is 47.0 Å². The second-order valence-corrected chi connectivity index (χ2v) is 7.56. The molecule has 2 aromatic heterocycles. The summed E-state index contributed by atoms with van der Waals surface area (Å²) in [6.45, 7) is 9.75. The van der Waals surface area contributed by atoms with Gasteiger partial charge in [-0.25, -0.2) is 4.98 Å². The molecule has 0 unspecified atom stereocenters. The van der Waals surface area contributed by atoms with Gasteiger partial charge >= 0.3 is 0 Å². The standard InChI is InChI=1S/C19H27N5O2/c1-19(2,3)16-12-15(23(4)22-16)18(25)20-13-14-6-5-7-17(21-14)24-8-10-26-11-9-24/h5-7,12H,8-11,13H2,1-4H3,(H,20,25). The number of hydrogen-bond acceptors (Lipinski definition) is 5. The summed E-state index contributed by atoms with van der Waals surface area (Å²) in [5, 5.41) is 7.40. The summed E-state index contributed by atoms with van der Waals surface area (Å²) < 4.78 is 7.01. The highest BCUT2D eigenvalue weighted by molar-refractivity contribution is 5.92. The van der Waals surface area contributed by atoms with Crippen LogP contribution < -0.4 is 10.2 Å². The molecular formula is C19H27N5O2. The highest BCUT2D eigenvalue weighted by Gasteiger charge is 2.21. The van der Waals surface area contributed by atoms with Gasteiger partial charge < -0.3 is 15.0 Å². The highest BCUT2D eigenvalue weighted by Crippen LogP contribution is 2.21. The maximum atomic E-state index is 12.5. The van der Waals surface area contributed by atoms with Gasteiger partial charge in [-0.1, -0.05) is 26.8 Å². The van der Waals surface area contributed by atoms with Crippen LogP contribution in [0.5, 0.6) is 0 Å². The Bertz CT molecular complexity index is 772. The number of nitrogens with zero attached hydrogens (tertiary/aromatic N) is 4. The number of hydrogen-bond donors (Lipinski definition) is 1. The first-order chi connectivity index (χ1) is 12.3. The van der Waals surface area contributed by atoms with E-state index < -0.39 is 0 Å². The number of pyridine rings is 1. The molecule has 7 nitrogen and oxygen atoms in total. The number of morpholine rings is 1. The molecule has 0 atom stereocenters. The summed E-state index contributed by atoms with van der Waals surface area (Å²) in [6.07, 6.45) is 0. The molecular weight excluding hydrogens is 330 g/mol. The van der Waals surface area contributed by atoms with E-state index in [2.05, 4.69) is 41.1 Å². The maximum absolute atomic E-state index is 12.5. The van der Waals surface area contributed by atoms with Gasteiger partial charge in [-0.05, 0) is 18.2 Å². The summed E-state index contributed by atoms with van der Waals surface area (Å²) >= 11 is 0. The molecule has 0 aliphatic carbocycles. The van der Waals surface area contributed by atoms with Gasteiger partial charge in [-0.3, -0.25) is 9.48 Å². The lowest BCUT2D eigenvalue weighted by molar-refractivity contribution is 0.0941. The van der Waals surface area contributed by atoms with Gasteiger partial charge in [0.15, 0.2) is 0 Å². The van der Waals surface area contributed by atoms with Crippen LogP contribution in [0.1, 0.15) is 42.6 Å². The van der Waals surface area contributed by atoms with E-state index in [0.29, 0.717) is 12.2 Å². The number of aromatic nitrogens is 3. The van der Waals surface area contributed by atoms with Gasteiger partial charge in [0.1, 0.15) is 11.5 Å². The Morgan fingerprint density at radius 1 is 1.27 bits per heavy atom. The van der Waals surface area contributed by atoms with E-state index in [1.54, 1.807) is 11.7 Å². The monoisotopic (exact) mass is 357 g/mol. The molecule has 1 fully saturated rings. The van der Waals surface area contributed by atoms with Crippen LogP contribution in [0, 0.1) is 0 Å². The Morgan fingerprint density at radius 3 is 2.65 bits per heavy atom. The Morgan fingerprint density at radius 2 is 2.00 bits per heavy atom. The minimum Gasteiger partial charge on any atom is -0.378 e. The van der Waals surface area contributed by atoms with Gasteiger partial charge in [0.2, 0.25) is 0 Å². The lowest BCUT2D eigenvalue weighted by atomic mass is 9.92. The van der Waals surface area contributed by atoms with Crippen molar-refractivity contribution in [3.8, 4) is 0 Å². The van der Waals surface area contributed by atoms with E-state index in [9.17, 15) is 4.79 Å². The molecule has 1 aliphatic rings. The SMILES string of the molecule is Cn1nc(C(C)(C)C)cc1C(=O)NCc1cccc(N2CCOCC2)n1. The number of rotatable bonds is 4. The number of nitrogens with one attached hydrogen (secondary N) is 1. The van der Waals surface area contributed by atoms with Crippen LogP contribution in [0.3, 0.4) is 0 Å². The molecule has 0 bridgehead atoms. The molecule has 26 heavy (non-hydrogen) atoms. The van der Waals surface area contributed by atoms with Crippen LogP contribution in [0.2, 0.25) is 0 Å². The molecule has 3 rings (SSSR count). The zero-order chi connectivity index (χ0) is 18.7. The molecule has 0 spiro atoms. The Hall–Kier alpha value is -2.41. The van der Waals surface area contributed by atoms with Gasteiger partial charge in [0, 0.05) is 25.6 Å². The zero-order valence-electron chi connectivity index (χ0n) is 16.0. The van der Waals surface area contributed by atoms with Crippen molar-refractivity contribution in [1.82, 2.24) is 20.1 Å². The van der Waals surface area contributed by atoms with Crippen LogP contribution in [0.25, 0.3) is 0 Å². The van der Waals surface area contributed by atoms with E-state index in [-0.39, 0.29) is 11.3 Å². The van der Waals surface area contributed by atoms with Gasteiger partial charge in [-0.2, -0.15) is 5.10 Å². The summed E-state index contributed by atoms with van der Waals surface area (Å²) in [5.41, 5.74) is 2.20. The van der Waals surface area contributed by atoms with Crippen molar-refractivity contribution in [2.24, 2.45) is 7.05 Å². The van der Waals surface area contributed by atoms with E-state index >= 15 is 0 Å². The second-order valence-electron chi connectivity index (χ2n) is 7.56. The fourth-order valence-electron chi connectivity index (χ4n) is 2.84. The average Bonchev–Trinajstić information content (AvgIpc) is 3.03. The molecule has 0 aromatic carbocycles. The number of ether oxygens (including phenoxy) is 1. The summed E-state index contributed by atoms with van der Waals surface area (Å²) in [5.74, 6) is 0.782. The molecule has 1 aliphatic heterocycles. The molecule has 0 radical (unpaired) electrons. The molecule has 3 heterocycles. The molecule has 1 saturated heterocycles. The number of anilines is 1. The highest BCUT2D eigenvalue weighted by atomic mass is 16.5. The lowest BCUT2D eigenvalue weighted by Gasteiger charge is -2.28. The third kappa shape index (κ3) is 4.22. The van der Waals surface area contributed by atoms with E-state index in [1.807, 2.05) is 24.3 Å². The Labute approximate surface area is 154 Å². The molecule has 2 aromatic rings. The van der Waals surface area contributed by atoms with E-state index in [4.69, 9.17) is 4.74 Å². The van der Waals surface area contributed by atoms with Crippen molar-refractivity contribution < 1.29 is 9.53 Å². The minimum atomic E-state index is -0.144. The summed E-state index contributed by atoms with van der Waals surface area (Å²) in [7, 11) is 1.79. The third-order valence-electron chi connectivity index (χ3n) is 4.44. The van der Waals surface area contributed by atoms with Crippen LogP contribution in [0.15, 0.2) is 24.3 Å². The quantitative estimate of drug-likeness (QED) is 0.905. The smallest absolute Gasteiger partial charge is 0.269 e. The third-order valence-corrected chi connectivity index (χ3v) is 4.44. The van der Waals surface area contributed by atoms with Crippen LogP contribution in [0.4, 0.5) is 5.82 Å². The van der Waals surface area contributed by atoms with Crippen LogP contribution in [-0.2, 0) is 23.7 Å². The molecule has 7 heteroatoms. The average molecular weight is 357 g/mol. The largest absolute Gasteiger partial charge is 0.378 e. The topological polar surface area (TPSA) is 72.3 Å². The van der Waals surface area contributed by atoms with Crippen molar-refractivity contribution in [1.29, 1.82) is 0 Å².